The number of rotatable bonds is 2. The summed E-state index contributed by atoms with van der Waals surface area (Å²) in [5.41, 5.74) is 1.77. The molecule has 2 heterocycles. The van der Waals surface area contributed by atoms with Crippen LogP contribution >= 0.6 is 0 Å². The summed E-state index contributed by atoms with van der Waals surface area (Å²) in [6.45, 7) is 2.56. The molecule has 104 valence electrons. The monoisotopic (exact) mass is 273 g/mol. The van der Waals surface area contributed by atoms with Crippen LogP contribution in [-0.2, 0) is 4.79 Å². The first-order valence-corrected chi connectivity index (χ1v) is 6.60. The second-order valence-corrected chi connectivity index (χ2v) is 5.12. The first-order valence-electron chi connectivity index (χ1n) is 6.60. The van der Waals surface area contributed by atoms with Crippen LogP contribution in [0.2, 0.25) is 0 Å². The molecule has 1 aliphatic heterocycles. The van der Waals surface area contributed by atoms with E-state index in [0.717, 1.165) is 23.1 Å². The van der Waals surface area contributed by atoms with Crippen LogP contribution in [0.15, 0.2) is 33.5 Å². The van der Waals surface area contributed by atoms with Crippen LogP contribution in [0.4, 0.5) is 5.69 Å². The van der Waals surface area contributed by atoms with Crippen molar-refractivity contribution in [3.05, 3.63) is 40.2 Å². The zero-order valence-corrected chi connectivity index (χ0v) is 11.1. The van der Waals surface area contributed by atoms with Crippen molar-refractivity contribution < 1.29 is 14.3 Å². The molecule has 1 saturated heterocycles. The molecule has 5 heteroatoms. The van der Waals surface area contributed by atoms with E-state index in [1.165, 1.54) is 6.07 Å². The molecule has 0 spiro atoms. The standard InChI is InChI=1S/C15H15NO4/c1-9-7-14(17)20-13-8-10(4-5-11(9)13)16-6-2-3-12(16)15(18)19/h4-5,7-8,12H,2-3,6H2,1H3,(H,18,19)/t12-/m1/s1. The largest absolute Gasteiger partial charge is 0.480 e. The van der Waals surface area contributed by atoms with Crippen LogP contribution in [0.3, 0.4) is 0 Å². The van der Waals surface area contributed by atoms with Crippen molar-refractivity contribution in [3.63, 3.8) is 0 Å². The number of carboxylic acids is 1. The Labute approximate surface area is 115 Å². The Morgan fingerprint density at radius 2 is 2.20 bits per heavy atom. The number of anilines is 1. The number of nitrogens with zero attached hydrogens (tertiary/aromatic N) is 1. The summed E-state index contributed by atoms with van der Waals surface area (Å²) in [5.74, 6) is -0.812. The molecule has 0 amide bonds. The highest BCUT2D eigenvalue weighted by molar-refractivity contribution is 5.85. The molecule has 20 heavy (non-hydrogen) atoms. The number of benzene rings is 1. The van der Waals surface area contributed by atoms with Crippen molar-refractivity contribution in [2.75, 3.05) is 11.4 Å². The minimum Gasteiger partial charge on any atom is -0.480 e. The van der Waals surface area contributed by atoms with Gasteiger partial charge in [0, 0.05) is 29.8 Å². The lowest BCUT2D eigenvalue weighted by atomic mass is 10.1. The number of aryl methyl sites for hydroxylation is 1. The Kier molecular flexibility index (Phi) is 2.97. The molecule has 1 aliphatic rings. The number of hydrogen-bond acceptors (Lipinski definition) is 4. The maximum Gasteiger partial charge on any atom is 0.336 e. The molecule has 0 bridgehead atoms. The van der Waals surface area contributed by atoms with Gasteiger partial charge in [-0.25, -0.2) is 9.59 Å². The van der Waals surface area contributed by atoms with E-state index < -0.39 is 12.0 Å². The lowest BCUT2D eigenvalue weighted by Crippen LogP contribution is -2.35. The third-order valence-corrected chi connectivity index (χ3v) is 3.80. The van der Waals surface area contributed by atoms with E-state index >= 15 is 0 Å². The number of fused-ring (bicyclic) bond motifs is 1. The van der Waals surface area contributed by atoms with Gasteiger partial charge < -0.3 is 14.4 Å². The lowest BCUT2D eigenvalue weighted by molar-refractivity contribution is -0.138. The second kappa shape index (κ2) is 4.67. The molecule has 0 saturated carbocycles. The Morgan fingerprint density at radius 1 is 1.40 bits per heavy atom. The van der Waals surface area contributed by atoms with Crippen LogP contribution < -0.4 is 10.5 Å². The topological polar surface area (TPSA) is 70.8 Å². The number of aliphatic carboxylic acids is 1. The molecule has 1 atom stereocenters. The van der Waals surface area contributed by atoms with Gasteiger partial charge in [-0.1, -0.05) is 0 Å². The molecule has 1 aromatic carbocycles. The predicted octanol–water partition coefficient (Wildman–Crippen LogP) is 2.15. The zero-order chi connectivity index (χ0) is 14.3. The Hall–Kier alpha value is -2.30. The van der Waals surface area contributed by atoms with Crippen LogP contribution in [0.1, 0.15) is 18.4 Å². The van der Waals surface area contributed by atoms with Gasteiger partial charge in [-0.2, -0.15) is 0 Å². The summed E-state index contributed by atoms with van der Waals surface area (Å²) < 4.78 is 5.21. The molecule has 0 radical (unpaired) electrons. The molecule has 3 rings (SSSR count). The molecule has 0 unspecified atom stereocenters. The van der Waals surface area contributed by atoms with Gasteiger partial charge >= 0.3 is 11.6 Å². The Bertz CT molecular complexity index is 734. The van der Waals surface area contributed by atoms with E-state index in [1.807, 2.05) is 24.0 Å². The highest BCUT2D eigenvalue weighted by Gasteiger charge is 2.30. The first kappa shape index (κ1) is 12.7. The van der Waals surface area contributed by atoms with Crippen molar-refractivity contribution in [1.82, 2.24) is 0 Å². The van der Waals surface area contributed by atoms with Crippen molar-refractivity contribution in [3.8, 4) is 0 Å². The van der Waals surface area contributed by atoms with Crippen LogP contribution in [-0.4, -0.2) is 23.7 Å². The molecule has 1 fully saturated rings. The molecule has 1 N–H and O–H groups in total. The number of carbonyl (C=O) groups is 1. The summed E-state index contributed by atoms with van der Waals surface area (Å²) >= 11 is 0. The molecule has 5 nitrogen and oxygen atoms in total. The van der Waals surface area contributed by atoms with Gasteiger partial charge in [0.05, 0.1) is 0 Å². The lowest BCUT2D eigenvalue weighted by Gasteiger charge is -2.23. The number of carboxylic acid groups (broad SMARTS) is 1. The van der Waals surface area contributed by atoms with Gasteiger partial charge in [0.15, 0.2) is 0 Å². The predicted molar refractivity (Wildman–Crippen MR) is 75.2 cm³/mol. The van der Waals surface area contributed by atoms with E-state index in [9.17, 15) is 14.7 Å². The van der Waals surface area contributed by atoms with E-state index in [1.54, 1.807) is 6.07 Å². The van der Waals surface area contributed by atoms with Gasteiger partial charge in [-0.05, 0) is 37.5 Å². The molecule has 0 aliphatic carbocycles. The van der Waals surface area contributed by atoms with E-state index in [2.05, 4.69) is 0 Å². The minimum absolute atomic E-state index is 0.386. The Morgan fingerprint density at radius 3 is 2.95 bits per heavy atom. The average Bonchev–Trinajstić information content (AvgIpc) is 2.87. The second-order valence-electron chi connectivity index (χ2n) is 5.12. The van der Waals surface area contributed by atoms with E-state index in [-0.39, 0.29) is 5.63 Å². The van der Waals surface area contributed by atoms with Crippen molar-refractivity contribution in [2.24, 2.45) is 0 Å². The molecule has 2 aromatic rings. The highest BCUT2D eigenvalue weighted by atomic mass is 16.4. The third-order valence-electron chi connectivity index (χ3n) is 3.80. The summed E-state index contributed by atoms with van der Waals surface area (Å²) in [6, 6.07) is 6.48. The fourth-order valence-corrected chi connectivity index (χ4v) is 2.82. The third kappa shape index (κ3) is 2.05. The van der Waals surface area contributed by atoms with E-state index in [4.69, 9.17) is 4.42 Å². The number of hydrogen-bond donors (Lipinski definition) is 1. The van der Waals surface area contributed by atoms with Crippen LogP contribution in [0.25, 0.3) is 11.0 Å². The van der Waals surface area contributed by atoms with Crippen LogP contribution in [0.5, 0.6) is 0 Å². The normalized spacial score (nSPS) is 18.6. The minimum atomic E-state index is -0.812. The van der Waals surface area contributed by atoms with Gasteiger partial charge in [0.25, 0.3) is 0 Å². The zero-order valence-electron chi connectivity index (χ0n) is 11.1. The molecule has 1 aromatic heterocycles. The van der Waals surface area contributed by atoms with Gasteiger partial charge in [0.1, 0.15) is 11.6 Å². The van der Waals surface area contributed by atoms with E-state index in [0.29, 0.717) is 18.5 Å². The van der Waals surface area contributed by atoms with Crippen LogP contribution in [0, 0.1) is 6.92 Å². The van der Waals surface area contributed by atoms with Gasteiger partial charge in [0.2, 0.25) is 0 Å². The van der Waals surface area contributed by atoms with Crippen molar-refractivity contribution in [1.29, 1.82) is 0 Å². The SMILES string of the molecule is Cc1cc(=O)oc2cc(N3CCC[C@@H]3C(=O)O)ccc12. The van der Waals surface area contributed by atoms with Crippen molar-refractivity contribution in [2.45, 2.75) is 25.8 Å². The maximum absolute atomic E-state index is 11.4. The summed E-state index contributed by atoms with van der Waals surface area (Å²) in [4.78, 5) is 24.5. The van der Waals surface area contributed by atoms with Gasteiger partial charge in [-0.3, -0.25) is 0 Å². The maximum atomic E-state index is 11.4. The fourth-order valence-electron chi connectivity index (χ4n) is 2.82. The van der Waals surface area contributed by atoms with Crippen molar-refractivity contribution >= 4 is 22.6 Å². The quantitative estimate of drug-likeness (QED) is 0.849. The smallest absolute Gasteiger partial charge is 0.336 e. The highest BCUT2D eigenvalue weighted by Crippen LogP contribution is 2.29. The fraction of sp³-hybridized carbons (Fsp3) is 0.333. The summed E-state index contributed by atoms with van der Waals surface area (Å²) in [6.07, 6.45) is 1.50. The first-order chi connectivity index (χ1) is 9.56. The summed E-state index contributed by atoms with van der Waals surface area (Å²) in [5, 5.41) is 10.1. The Balaban J connectivity index is 2.09. The molecular weight excluding hydrogens is 258 g/mol. The summed E-state index contributed by atoms with van der Waals surface area (Å²) in [7, 11) is 0. The van der Waals surface area contributed by atoms with Gasteiger partial charge in [-0.15, -0.1) is 0 Å². The molecular formula is C15H15NO4. The average molecular weight is 273 g/mol.